The molecule has 2 nitrogen and oxygen atoms in total. The molecule has 0 aliphatic rings. The van der Waals surface area contributed by atoms with Gasteiger partial charge in [-0.25, -0.2) is 0 Å². The summed E-state index contributed by atoms with van der Waals surface area (Å²) >= 11 is 0. The van der Waals surface area contributed by atoms with Crippen LogP contribution < -0.4 is 0 Å². The summed E-state index contributed by atoms with van der Waals surface area (Å²) in [4.78, 5) is 19.3. The fourth-order valence-corrected chi connectivity index (χ4v) is 3.41. The average Bonchev–Trinajstić information content (AvgIpc) is 2.09. The Morgan fingerprint density at radius 2 is 1.31 bits per heavy atom. The lowest BCUT2D eigenvalue weighted by molar-refractivity contribution is 0.351. The molecular weight excluding hydrogens is 180 g/mol. The summed E-state index contributed by atoms with van der Waals surface area (Å²) in [6.45, 7) is 4.25. The van der Waals surface area contributed by atoms with Gasteiger partial charge in [0.25, 0.3) is 0 Å². The Balaban J connectivity index is 3.39. The summed E-state index contributed by atoms with van der Waals surface area (Å²) in [5, 5.41) is 0. The molecule has 0 fully saturated rings. The highest BCUT2D eigenvalue weighted by Gasteiger charge is 2.26. The molecule has 0 aromatic rings. The Kier molecular flexibility index (Phi) is 7.61. The summed E-state index contributed by atoms with van der Waals surface area (Å²) in [5.41, 5.74) is 0. The van der Waals surface area contributed by atoms with Gasteiger partial charge in [0.2, 0.25) is 0 Å². The van der Waals surface area contributed by atoms with Crippen LogP contribution in [0, 0.1) is 0 Å². The zero-order valence-electron chi connectivity index (χ0n) is 9.05. The zero-order chi connectivity index (χ0) is 10.2. The van der Waals surface area contributed by atoms with Gasteiger partial charge in [0.15, 0.2) is 0 Å². The third kappa shape index (κ3) is 8.47. The quantitative estimate of drug-likeness (QED) is 0.471. The Hall–Kier alpha value is 0.137. The van der Waals surface area contributed by atoms with Crippen molar-refractivity contribution >= 4 is 8.56 Å². The lowest BCUT2D eigenvalue weighted by Crippen LogP contribution is -2.33. The molecule has 0 atom stereocenters. The van der Waals surface area contributed by atoms with Gasteiger partial charge in [0.1, 0.15) is 0 Å². The number of unbranched alkanes of at least 4 members (excludes halogenated alkanes) is 4. The minimum Gasteiger partial charge on any atom is -0.411 e. The maximum absolute atomic E-state index is 9.64. The van der Waals surface area contributed by atoms with Crippen molar-refractivity contribution in [3.63, 3.8) is 0 Å². The van der Waals surface area contributed by atoms with Gasteiger partial charge in [0, 0.05) is 0 Å². The summed E-state index contributed by atoms with van der Waals surface area (Å²) in [7, 11) is -2.77. The van der Waals surface area contributed by atoms with Gasteiger partial charge in [-0.05, 0) is 12.1 Å². The van der Waals surface area contributed by atoms with E-state index < -0.39 is 8.56 Å². The Morgan fingerprint density at radius 3 is 1.85 bits per heavy atom. The van der Waals surface area contributed by atoms with E-state index in [-0.39, 0.29) is 0 Å². The van der Waals surface area contributed by atoms with Crippen LogP contribution in [0.4, 0.5) is 0 Å². The van der Waals surface area contributed by atoms with Gasteiger partial charge >= 0.3 is 8.56 Å². The molecule has 2 N–H and O–H groups in total. The van der Waals surface area contributed by atoms with Gasteiger partial charge in [-0.2, -0.15) is 0 Å². The van der Waals surface area contributed by atoms with Crippen LogP contribution in [0.3, 0.4) is 0 Å². The molecule has 0 aliphatic carbocycles. The minimum absolute atomic E-state index is 0.662. The van der Waals surface area contributed by atoms with Crippen LogP contribution in [0.1, 0.15) is 52.4 Å². The Labute approximate surface area is 83.2 Å². The van der Waals surface area contributed by atoms with Gasteiger partial charge in [-0.3, -0.25) is 0 Å². The first-order valence-corrected chi connectivity index (χ1v) is 7.88. The predicted molar refractivity (Wildman–Crippen MR) is 58.9 cm³/mol. The maximum Gasteiger partial charge on any atom is 0.332 e. The Bertz CT molecular complexity index is 115. The first kappa shape index (κ1) is 13.1. The van der Waals surface area contributed by atoms with E-state index in [1.165, 1.54) is 12.8 Å². The molecule has 0 amide bonds. The molecule has 3 heteroatoms. The molecule has 0 aromatic carbocycles. The molecule has 0 saturated heterocycles. The van der Waals surface area contributed by atoms with E-state index in [0.29, 0.717) is 12.1 Å². The van der Waals surface area contributed by atoms with Crippen LogP contribution >= 0.6 is 0 Å². The standard InChI is InChI=1S/C10H24O2Si/c1-3-5-7-8-10-13(11,12)9-6-4-2/h11-12H,3-10H2,1-2H3. The average molecular weight is 204 g/mol. The van der Waals surface area contributed by atoms with Crippen molar-refractivity contribution in [1.29, 1.82) is 0 Å². The SMILES string of the molecule is CCCCCC[Si](O)(O)CCCC. The number of hydrogen-bond acceptors (Lipinski definition) is 2. The molecule has 0 saturated carbocycles. The smallest absolute Gasteiger partial charge is 0.332 e. The minimum atomic E-state index is -2.77. The van der Waals surface area contributed by atoms with E-state index in [1.54, 1.807) is 0 Å². The van der Waals surface area contributed by atoms with E-state index in [0.717, 1.165) is 25.7 Å². The van der Waals surface area contributed by atoms with Crippen molar-refractivity contribution in [3.05, 3.63) is 0 Å². The molecule has 0 aromatic heterocycles. The van der Waals surface area contributed by atoms with Crippen LogP contribution in [0.2, 0.25) is 12.1 Å². The molecule has 0 rings (SSSR count). The van der Waals surface area contributed by atoms with Crippen LogP contribution in [0.5, 0.6) is 0 Å². The van der Waals surface area contributed by atoms with Crippen molar-refractivity contribution < 1.29 is 9.59 Å². The summed E-state index contributed by atoms with van der Waals surface area (Å²) in [5.74, 6) is 0. The molecule has 0 radical (unpaired) electrons. The fraction of sp³-hybridized carbons (Fsp3) is 1.00. The second-order valence-electron chi connectivity index (χ2n) is 3.90. The molecule has 0 heterocycles. The topological polar surface area (TPSA) is 40.5 Å². The molecule has 0 spiro atoms. The third-order valence-electron chi connectivity index (χ3n) is 2.36. The fourth-order valence-electron chi connectivity index (χ4n) is 1.42. The van der Waals surface area contributed by atoms with E-state index in [2.05, 4.69) is 13.8 Å². The van der Waals surface area contributed by atoms with Crippen molar-refractivity contribution in [2.24, 2.45) is 0 Å². The molecule has 0 aliphatic heterocycles. The second kappa shape index (κ2) is 7.53. The summed E-state index contributed by atoms with van der Waals surface area (Å²) in [6.07, 6.45) is 6.60. The van der Waals surface area contributed by atoms with Crippen LogP contribution in [-0.4, -0.2) is 18.2 Å². The van der Waals surface area contributed by atoms with Crippen LogP contribution in [0.25, 0.3) is 0 Å². The van der Waals surface area contributed by atoms with E-state index in [9.17, 15) is 9.59 Å². The second-order valence-corrected chi connectivity index (χ2v) is 6.86. The van der Waals surface area contributed by atoms with Crippen molar-refractivity contribution in [2.75, 3.05) is 0 Å². The van der Waals surface area contributed by atoms with Crippen molar-refractivity contribution in [2.45, 2.75) is 64.5 Å². The van der Waals surface area contributed by atoms with E-state index in [4.69, 9.17) is 0 Å². The Morgan fingerprint density at radius 1 is 0.769 bits per heavy atom. The van der Waals surface area contributed by atoms with E-state index >= 15 is 0 Å². The van der Waals surface area contributed by atoms with Gasteiger partial charge < -0.3 is 9.59 Å². The first-order valence-electron chi connectivity index (χ1n) is 5.57. The number of hydrogen-bond donors (Lipinski definition) is 2. The van der Waals surface area contributed by atoms with Gasteiger partial charge in [-0.15, -0.1) is 0 Å². The van der Waals surface area contributed by atoms with Crippen molar-refractivity contribution in [1.82, 2.24) is 0 Å². The predicted octanol–water partition coefficient (Wildman–Crippen LogP) is 2.79. The maximum atomic E-state index is 9.64. The van der Waals surface area contributed by atoms with Crippen molar-refractivity contribution in [3.8, 4) is 0 Å². The van der Waals surface area contributed by atoms with Crippen LogP contribution in [-0.2, 0) is 0 Å². The molecule has 0 bridgehead atoms. The first-order chi connectivity index (χ1) is 6.12. The molecule has 80 valence electrons. The monoisotopic (exact) mass is 204 g/mol. The highest BCUT2D eigenvalue weighted by atomic mass is 28.4. The normalized spacial score (nSPS) is 12.0. The van der Waals surface area contributed by atoms with Gasteiger partial charge in [-0.1, -0.05) is 52.4 Å². The lowest BCUT2D eigenvalue weighted by atomic mass is 10.2. The highest BCUT2D eigenvalue weighted by molar-refractivity contribution is 6.64. The molecule has 0 unspecified atom stereocenters. The lowest BCUT2D eigenvalue weighted by Gasteiger charge is -2.16. The van der Waals surface area contributed by atoms with Gasteiger partial charge in [0.05, 0.1) is 0 Å². The zero-order valence-corrected chi connectivity index (χ0v) is 10.1. The molecule has 13 heavy (non-hydrogen) atoms. The highest BCUT2D eigenvalue weighted by Crippen LogP contribution is 2.16. The largest absolute Gasteiger partial charge is 0.411 e. The summed E-state index contributed by atoms with van der Waals surface area (Å²) in [6, 6.07) is 1.34. The number of rotatable bonds is 8. The van der Waals surface area contributed by atoms with Crippen LogP contribution in [0.15, 0.2) is 0 Å². The molecular formula is C10H24O2Si. The summed E-state index contributed by atoms with van der Waals surface area (Å²) < 4.78 is 0. The van der Waals surface area contributed by atoms with E-state index in [1.807, 2.05) is 0 Å². The third-order valence-corrected chi connectivity index (χ3v) is 4.67.